The molecule has 1 atom stereocenters. The summed E-state index contributed by atoms with van der Waals surface area (Å²) in [5.74, 6) is -1.88. The quantitative estimate of drug-likeness (QED) is 0.560. The Hall–Kier alpha value is -1.82. The van der Waals surface area contributed by atoms with Crippen LogP contribution in [0.3, 0.4) is 0 Å². The Morgan fingerprint density at radius 2 is 2.06 bits per heavy atom. The molecule has 1 aromatic carbocycles. The van der Waals surface area contributed by atoms with Crippen molar-refractivity contribution < 1.29 is 14.7 Å². The van der Waals surface area contributed by atoms with E-state index in [1.54, 1.807) is 18.2 Å². The van der Waals surface area contributed by atoms with Gasteiger partial charge in [-0.15, -0.1) is 0 Å². The standard InChI is InChI=1S/C10H10N2O3S/c11-7-4-2-1-3-6(7)9(13)5-8(12-16)10(14)15/h1-4,8H,5,11H2,(H,14,15)/p-1/t8-/m0/s1. The first-order valence-corrected chi connectivity index (χ1v) is 4.83. The van der Waals surface area contributed by atoms with Crippen molar-refractivity contribution >= 4 is 29.9 Å². The number of carboxylic acid groups (broad SMARTS) is 1. The Kier molecular flexibility index (Phi) is 4.07. The highest BCUT2D eigenvalue weighted by Crippen LogP contribution is 2.14. The maximum Gasteiger partial charge on any atom is 0.167 e. The first-order valence-electron chi connectivity index (χ1n) is 4.47. The lowest BCUT2D eigenvalue weighted by molar-refractivity contribution is -0.307. The highest BCUT2D eigenvalue weighted by Gasteiger charge is 2.16. The molecule has 0 aliphatic carbocycles. The molecular formula is C10H9N2O3S-. The van der Waals surface area contributed by atoms with Gasteiger partial charge >= 0.3 is 0 Å². The third kappa shape index (κ3) is 2.83. The van der Waals surface area contributed by atoms with Crippen LogP contribution in [-0.2, 0) is 17.2 Å². The Balaban J connectivity index is 2.84. The molecule has 1 rings (SSSR count). The third-order valence-electron chi connectivity index (χ3n) is 2.04. The van der Waals surface area contributed by atoms with Crippen molar-refractivity contribution in [2.75, 3.05) is 5.73 Å². The lowest BCUT2D eigenvalue weighted by atomic mass is 10.0. The second kappa shape index (κ2) is 5.32. The van der Waals surface area contributed by atoms with Crippen LogP contribution >= 0.6 is 0 Å². The van der Waals surface area contributed by atoms with E-state index in [-0.39, 0.29) is 12.0 Å². The number of carbonyl (C=O) groups is 2. The van der Waals surface area contributed by atoms with Gasteiger partial charge in [0.15, 0.2) is 5.78 Å². The van der Waals surface area contributed by atoms with E-state index in [4.69, 9.17) is 5.73 Å². The maximum atomic E-state index is 11.7. The van der Waals surface area contributed by atoms with Gasteiger partial charge in [-0.1, -0.05) is 12.1 Å². The van der Waals surface area contributed by atoms with Gasteiger partial charge in [-0.05, 0) is 12.1 Å². The predicted molar refractivity (Wildman–Crippen MR) is 58.4 cm³/mol. The summed E-state index contributed by atoms with van der Waals surface area (Å²) in [6.07, 6.45) is -0.333. The molecule has 0 aliphatic heterocycles. The Morgan fingerprint density at radius 3 is 2.56 bits per heavy atom. The average molecular weight is 237 g/mol. The highest BCUT2D eigenvalue weighted by atomic mass is 32.1. The third-order valence-corrected chi connectivity index (χ3v) is 2.29. The molecule has 16 heavy (non-hydrogen) atoms. The average Bonchev–Trinajstić information content (AvgIpc) is 2.25. The fraction of sp³-hybridized carbons (Fsp3) is 0.200. The summed E-state index contributed by atoms with van der Waals surface area (Å²) in [6.45, 7) is 0. The molecule has 0 spiro atoms. The van der Waals surface area contributed by atoms with Crippen LogP contribution < -0.4 is 10.8 Å². The summed E-state index contributed by atoms with van der Waals surface area (Å²) >= 11 is 4.27. The molecule has 0 fully saturated rings. The lowest BCUT2D eigenvalue weighted by Crippen LogP contribution is -2.35. The molecule has 2 N–H and O–H groups in total. The molecule has 0 heterocycles. The summed E-state index contributed by atoms with van der Waals surface area (Å²) in [7, 11) is 0. The number of benzene rings is 1. The minimum absolute atomic E-state index is 0.271. The summed E-state index contributed by atoms with van der Waals surface area (Å²) < 4.78 is 3.14. The van der Waals surface area contributed by atoms with Crippen LogP contribution in [-0.4, -0.2) is 17.8 Å². The van der Waals surface area contributed by atoms with Gasteiger partial charge in [-0.3, -0.25) is 4.79 Å². The van der Waals surface area contributed by atoms with Crippen molar-refractivity contribution in [3.05, 3.63) is 29.8 Å². The van der Waals surface area contributed by atoms with E-state index in [1.807, 2.05) is 0 Å². The predicted octanol–water partition coefficient (Wildman–Crippen LogP) is -0.309. The highest BCUT2D eigenvalue weighted by molar-refractivity contribution is 7.47. The molecule has 0 unspecified atom stereocenters. The fourth-order valence-corrected chi connectivity index (χ4v) is 1.36. The molecule has 0 saturated heterocycles. The molecule has 0 bridgehead atoms. The number of carboxylic acids is 1. The SMILES string of the molecule is Nc1ccccc1C(=O)C[C@H](N=S)C(=O)[O-]. The molecule has 0 aliphatic rings. The van der Waals surface area contributed by atoms with Gasteiger partial charge in [0.2, 0.25) is 0 Å². The van der Waals surface area contributed by atoms with E-state index < -0.39 is 17.8 Å². The number of hydrogen-bond donors (Lipinski definition) is 1. The zero-order valence-corrected chi connectivity index (χ0v) is 9.07. The van der Waals surface area contributed by atoms with E-state index in [1.165, 1.54) is 6.07 Å². The van der Waals surface area contributed by atoms with E-state index >= 15 is 0 Å². The van der Waals surface area contributed by atoms with Crippen LogP contribution in [0.4, 0.5) is 5.69 Å². The van der Waals surface area contributed by atoms with E-state index in [0.717, 1.165) is 0 Å². The summed E-state index contributed by atoms with van der Waals surface area (Å²) in [5.41, 5.74) is 6.14. The van der Waals surface area contributed by atoms with Gasteiger partial charge < -0.3 is 15.6 Å². The van der Waals surface area contributed by atoms with Crippen LogP contribution in [0.1, 0.15) is 16.8 Å². The number of nitrogen functional groups attached to an aromatic ring is 1. The fourth-order valence-electron chi connectivity index (χ4n) is 1.20. The summed E-state index contributed by atoms with van der Waals surface area (Å²) in [5, 5.41) is 10.5. The van der Waals surface area contributed by atoms with Crippen molar-refractivity contribution in [2.45, 2.75) is 12.5 Å². The summed E-state index contributed by atoms with van der Waals surface area (Å²) in [4.78, 5) is 22.2. The van der Waals surface area contributed by atoms with Gasteiger partial charge in [-0.2, -0.15) is 0 Å². The molecule has 0 amide bonds. The largest absolute Gasteiger partial charge is 0.548 e. The molecule has 84 valence electrons. The van der Waals surface area contributed by atoms with Gasteiger partial charge in [-0.25, -0.2) is 4.36 Å². The second-order valence-corrected chi connectivity index (χ2v) is 3.37. The van der Waals surface area contributed by atoms with Crippen molar-refractivity contribution in [2.24, 2.45) is 4.36 Å². The smallest absolute Gasteiger partial charge is 0.167 e. The number of anilines is 1. The van der Waals surface area contributed by atoms with Crippen LogP contribution in [0, 0.1) is 0 Å². The van der Waals surface area contributed by atoms with Gasteiger partial charge in [0.05, 0.1) is 5.97 Å². The number of hydrogen-bond acceptors (Lipinski definition) is 6. The first-order chi connectivity index (χ1) is 7.56. The number of aliphatic carboxylic acids is 1. The Bertz CT molecular complexity index is 434. The number of rotatable bonds is 5. The number of para-hydroxylation sites is 1. The van der Waals surface area contributed by atoms with Crippen LogP contribution in [0.15, 0.2) is 28.6 Å². The van der Waals surface area contributed by atoms with Gasteiger partial charge in [0.1, 0.15) is 6.04 Å². The van der Waals surface area contributed by atoms with Crippen LogP contribution in [0.2, 0.25) is 0 Å². The van der Waals surface area contributed by atoms with E-state index in [2.05, 4.69) is 16.8 Å². The zero-order chi connectivity index (χ0) is 12.1. The van der Waals surface area contributed by atoms with Gasteiger partial charge in [0.25, 0.3) is 0 Å². The maximum absolute atomic E-state index is 11.7. The molecule has 5 nitrogen and oxygen atoms in total. The number of Topliss-reactive ketones (excluding diaryl/α,β-unsaturated/α-hetero) is 1. The topological polar surface area (TPSA) is 95.6 Å². The molecule has 0 aromatic heterocycles. The number of nitrogens with two attached hydrogens (primary N) is 1. The number of nitrogens with zero attached hydrogens (tertiary/aromatic N) is 1. The number of carbonyl (C=O) groups excluding carboxylic acids is 2. The van der Waals surface area contributed by atoms with E-state index in [0.29, 0.717) is 5.69 Å². The van der Waals surface area contributed by atoms with E-state index in [9.17, 15) is 14.7 Å². The normalized spacial score (nSPS) is 11.8. The molecule has 0 radical (unpaired) electrons. The van der Waals surface area contributed by atoms with Crippen LogP contribution in [0.25, 0.3) is 0 Å². The Morgan fingerprint density at radius 1 is 1.44 bits per heavy atom. The second-order valence-electron chi connectivity index (χ2n) is 3.15. The molecular weight excluding hydrogens is 228 g/mol. The minimum Gasteiger partial charge on any atom is -0.548 e. The lowest BCUT2D eigenvalue weighted by Gasteiger charge is -2.11. The van der Waals surface area contributed by atoms with Crippen molar-refractivity contribution in [3.8, 4) is 0 Å². The van der Waals surface area contributed by atoms with Crippen molar-refractivity contribution in [1.29, 1.82) is 0 Å². The number of ketones is 1. The van der Waals surface area contributed by atoms with Gasteiger partial charge in [0, 0.05) is 30.1 Å². The first kappa shape index (κ1) is 12.3. The Labute approximate surface area is 97.4 Å². The zero-order valence-electron chi connectivity index (χ0n) is 8.25. The molecule has 0 saturated carbocycles. The monoisotopic (exact) mass is 237 g/mol. The molecule has 1 aromatic rings. The minimum atomic E-state index is -1.46. The van der Waals surface area contributed by atoms with Crippen LogP contribution in [0.5, 0.6) is 0 Å². The van der Waals surface area contributed by atoms with Crippen molar-refractivity contribution in [3.63, 3.8) is 0 Å². The van der Waals surface area contributed by atoms with Crippen molar-refractivity contribution in [1.82, 2.24) is 0 Å². The summed E-state index contributed by atoms with van der Waals surface area (Å²) in [6, 6.07) is 5.10. The molecule has 6 heteroatoms.